The summed E-state index contributed by atoms with van der Waals surface area (Å²) in [5.74, 6) is -0.676. The Kier molecular flexibility index (Phi) is 4.86. The Morgan fingerprint density at radius 1 is 1.03 bits per heavy atom. The molecule has 5 rings (SSSR count). The van der Waals surface area contributed by atoms with Gasteiger partial charge in [0.1, 0.15) is 11.3 Å². The van der Waals surface area contributed by atoms with Gasteiger partial charge in [0.25, 0.3) is 17.4 Å². The van der Waals surface area contributed by atoms with Crippen molar-refractivity contribution in [3.05, 3.63) is 97.8 Å². The van der Waals surface area contributed by atoms with E-state index in [-0.39, 0.29) is 22.6 Å². The van der Waals surface area contributed by atoms with E-state index >= 15 is 0 Å². The number of aromatic amines is 2. The molecule has 4 aromatic rings. The monoisotopic (exact) mass is 441 g/mol. The third kappa shape index (κ3) is 3.69. The number of nitrogens with one attached hydrogen (secondary N) is 3. The molecule has 0 aliphatic carbocycles. The molecule has 0 bridgehead atoms. The van der Waals surface area contributed by atoms with E-state index in [0.717, 1.165) is 17.7 Å². The second kappa shape index (κ2) is 7.86. The second-order valence-corrected chi connectivity index (χ2v) is 7.83. The van der Waals surface area contributed by atoms with Crippen molar-refractivity contribution < 1.29 is 9.59 Å². The van der Waals surface area contributed by atoms with Gasteiger partial charge in [-0.2, -0.15) is 0 Å². The van der Waals surface area contributed by atoms with Crippen LogP contribution in [0.3, 0.4) is 0 Å². The smallest absolute Gasteiger partial charge is 0.321 e. The Balaban J connectivity index is 1.41. The van der Waals surface area contributed by atoms with Gasteiger partial charge in [0, 0.05) is 23.5 Å². The van der Waals surface area contributed by atoms with E-state index in [1.165, 1.54) is 6.07 Å². The molecule has 0 spiro atoms. The fourth-order valence-corrected chi connectivity index (χ4v) is 4.10. The summed E-state index contributed by atoms with van der Waals surface area (Å²) in [6.07, 6.45) is 0.802. The number of anilines is 2. The first-order chi connectivity index (χ1) is 15.9. The van der Waals surface area contributed by atoms with Crippen LogP contribution < -0.4 is 21.5 Å². The molecule has 2 aromatic heterocycles. The number of aromatic nitrogens is 3. The summed E-state index contributed by atoms with van der Waals surface area (Å²) in [5.41, 5.74) is 2.20. The summed E-state index contributed by atoms with van der Waals surface area (Å²) in [7, 11) is 0. The largest absolute Gasteiger partial charge is 0.327 e. The van der Waals surface area contributed by atoms with Gasteiger partial charge in [-0.3, -0.25) is 24.4 Å². The zero-order valence-corrected chi connectivity index (χ0v) is 17.6. The fraction of sp³-hybridized carbons (Fsp3) is 0.125. The molecule has 0 saturated heterocycles. The van der Waals surface area contributed by atoms with Crippen LogP contribution in [0.4, 0.5) is 11.4 Å². The SMILES string of the molecule is Cc1cc(C(=O)Nc2cccc(C(=O)N3CCc4ccccc43)c2)nc2[nH]c(=O)[nH]c(=O)c12. The number of benzene rings is 2. The van der Waals surface area contributed by atoms with Gasteiger partial charge in [0.05, 0.1) is 5.39 Å². The van der Waals surface area contributed by atoms with Gasteiger partial charge < -0.3 is 10.2 Å². The molecule has 1 aliphatic heterocycles. The summed E-state index contributed by atoms with van der Waals surface area (Å²) in [4.78, 5) is 60.0. The molecule has 164 valence electrons. The molecule has 9 heteroatoms. The Morgan fingerprint density at radius 3 is 2.70 bits per heavy atom. The van der Waals surface area contributed by atoms with Crippen molar-refractivity contribution in [3.63, 3.8) is 0 Å². The number of para-hydroxylation sites is 1. The summed E-state index contributed by atoms with van der Waals surface area (Å²) < 4.78 is 0. The lowest BCUT2D eigenvalue weighted by molar-refractivity contribution is 0.0986. The predicted octanol–water partition coefficient (Wildman–Crippen LogP) is 2.38. The average Bonchev–Trinajstić information content (AvgIpc) is 3.22. The van der Waals surface area contributed by atoms with Crippen LogP contribution in [-0.2, 0) is 6.42 Å². The molecule has 2 amide bonds. The lowest BCUT2D eigenvalue weighted by Crippen LogP contribution is -2.29. The van der Waals surface area contributed by atoms with Crippen molar-refractivity contribution in [2.24, 2.45) is 0 Å². The first kappa shape index (κ1) is 20.4. The van der Waals surface area contributed by atoms with Crippen molar-refractivity contribution in [3.8, 4) is 0 Å². The Morgan fingerprint density at radius 2 is 1.85 bits per heavy atom. The van der Waals surface area contributed by atoms with Crippen molar-refractivity contribution >= 4 is 34.2 Å². The maximum atomic E-state index is 13.1. The lowest BCUT2D eigenvalue weighted by atomic mass is 10.1. The maximum Gasteiger partial charge on any atom is 0.327 e. The highest BCUT2D eigenvalue weighted by atomic mass is 16.2. The zero-order chi connectivity index (χ0) is 23.1. The standard InChI is InChI=1S/C24H19N5O4/c1-13-11-17(26-20-19(13)22(31)28-24(33)27-20)21(30)25-16-7-4-6-15(12-16)23(32)29-10-9-14-5-2-3-8-18(14)29/h2-8,11-12H,9-10H2,1H3,(H,25,30)(H2,26,27,28,31,33). The van der Waals surface area contributed by atoms with Gasteiger partial charge in [0.15, 0.2) is 0 Å². The molecule has 1 aliphatic rings. The third-order valence-corrected chi connectivity index (χ3v) is 5.64. The number of aryl methyl sites for hydroxylation is 1. The van der Waals surface area contributed by atoms with Crippen LogP contribution in [0.2, 0.25) is 0 Å². The molecule has 2 aromatic carbocycles. The summed E-state index contributed by atoms with van der Waals surface area (Å²) >= 11 is 0. The van der Waals surface area contributed by atoms with Gasteiger partial charge in [-0.15, -0.1) is 0 Å². The Labute approximate surface area is 187 Å². The Bertz CT molecular complexity index is 1550. The van der Waals surface area contributed by atoms with Crippen molar-refractivity contribution in [1.82, 2.24) is 15.0 Å². The van der Waals surface area contributed by atoms with E-state index in [4.69, 9.17) is 0 Å². The molecule has 3 N–H and O–H groups in total. The van der Waals surface area contributed by atoms with Gasteiger partial charge in [0.2, 0.25) is 0 Å². The van der Waals surface area contributed by atoms with Crippen molar-refractivity contribution in [2.45, 2.75) is 13.3 Å². The van der Waals surface area contributed by atoms with Crippen LogP contribution in [0.1, 0.15) is 32.0 Å². The number of pyridine rings is 1. The molecule has 0 fully saturated rings. The summed E-state index contributed by atoms with van der Waals surface area (Å²) in [6.45, 7) is 2.26. The zero-order valence-electron chi connectivity index (χ0n) is 17.6. The molecule has 33 heavy (non-hydrogen) atoms. The number of carbonyl (C=O) groups is 2. The van der Waals surface area contributed by atoms with Crippen LogP contribution in [-0.4, -0.2) is 33.3 Å². The topological polar surface area (TPSA) is 128 Å². The number of rotatable bonds is 3. The molecular weight excluding hydrogens is 422 g/mol. The van der Waals surface area contributed by atoms with Crippen molar-refractivity contribution in [2.75, 3.05) is 16.8 Å². The highest BCUT2D eigenvalue weighted by molar-refractivity contribution is 6.09. The quantitative estimate of drug-likeness (QED) is 0.450. The number of nitrogens with zero attached hydrogens (tertiary/aromatic N) is 2. The van der Waals surface area contributed by atoms with E-state index in [1.807, 2.05) is 24.3 Å². The minimum Gasteiger partial charge on any atom is -0.321 e. The number of carbonyl (C=O) groups excluding carboxylic acids is 2. The highest BCUT2D eigenvalue weighted by Gasteiger charge is 2.25. The molecular formula is C24H19N5O4. The number of H-pyrrole nitrogens is 2. The molecule has 0 unspecified atom stereocenters. The van der Waals surface area contributed by atoms with Gasteiger partial charge in [-0.25, -0.2) is 9.78 Å². The number of fused-ring (bicyclic) bond motifs is 2. The van der Waals surface area contributed by atoms with E-state index < -0.39 is 17.2 Å². The normalized spacial score (nSPS) is 12.6. The van der Waals surface area contributed by atoms with Gasteiger partial charge in [-0.1, -0.05) is 24.3 Å². The van der Waals surface area contributed by atoms with Gasteiger partial charge in [-0.05, 0) is 54.8 Å². The average molecular weight is 441 g/mol. The second-order valence-electron chi connectivity index (χ2n) is 7.83. The first-order valence-electron chi connectivity index (χ1n) is 10.4. The number of hydrogen-bond acceptors (Lipinski definition) is 5. The number of hydrogen-bond donors (Lipinski definition) is 3. The lowest BCUT2D eigenvalue weighted by Gasteiger charge is -2.18. The van der Waals surface area contributed by atoms with Crippen LogP contribution in [0.25, 0.3) is 11.0 Å². The Hall–Kier alpha value is -4.53. The number of amides is 2. The van der Waals surface area contributed by atoms with Crippen LogP contribution in [0, 0.1) is 6.92 Å². The summed E-state index contributed by atoms with van der Waals surface area (Å²) in [5, 5.41) is 2.95. The molecule has 0 radical (unpaired) electrons. The molecule has 0 saturated carbocycles. The highest BCUT2D eigenvalue weighted by Crippen LogP contribution is 2.29. The maximum absolute atomic E-state index is 13.1. The van der Waals surface area contributed by atoms with Crippen LogP contribution in [0.15, 0.2) is 64.2 Å². The van der Waals surface area contributed by atoms with Crippen LogP contribution in [0.5, 0.6) is 0 Å². The molecule has 0 atom stereocenters. The minimum atomic E-state index is -0.702. The van der Waals surface area contributed by atoms with Crippen molar-refractivity contribution in [1.29, 1.82) is 0 Å². The van der Waals surface area contributed by atoms with Gasteiger partial charge >= 0.3 is 5.69 Å². The third-order valence-electron chi connectivity index (χ3n) is 5.64. The van der Waals surface area contributed by atoms with E-state index in [1.54, 1.807) is 36.1 Å². The summed E-state index contributed by atoms with van der Waals surface area (Å²) in [6, 6.07) is 16.0. The molecule has 3 heterocycles. The van der Waals surface area contributed by atoms with E-state index in [2.05, 4.69) is 20.3 Å². The first-order valence-corrected chi connectivity index (χ1v) is 10.4. The fourth-order valence-electron chi connectivity index (χ4n) is 4.10. The van der Waals surface area contributed by atoms with Crippen LogP contribution >= 0.6 is 0 Å². The van der Waals surface area contributed by atoms with E-state index in [0.29, 0.717) is 23.4 Å². The minimum absolute atomic E-state index is 0.0329. The van der Waals surface area contributed by atoms with E-state index in [9.17, 15) is 19.2 Å². The predicted molar refractivity (Wildman–Crippen MR) is 124 cm³/mol. The molecule has 9 nitrogen and oxygen atoms in total.